The molecule has 5 nitrogen and oxygen atoms in total. The lowest BCUT2D eigenvalue weighted by molar-refractivity contribution is 0.397. The Labute approximate surface area is 135 Å². The maximum Gasteiger partial charge on any atom is 0.190 e. The fraction of sp³-hybridized carbons (Fsp3) is 0.333. The summed E-state index contributed by atoms with van der Waals surface area (Å²) >= 11 is 3.31. The topological polar surface area (TPSA) is 56.3 Å². The summed E-state index contributed by atoms with van der Waals surface area (Å²) in [5.41, 5.74) is 2.09. The van der Waals surface area contributed by atoms with Crippen LogP contribution in [0.4, 0.5) is 10.3 Å². The molecule has 1 aromatic carbocycles. The van der Waals surface area contributed by atoms with Crippen LogP contribution in [0.15, 0.2) is 12.1 Å². The molecule has 0 radical (unpaired) electrons. The maximum absolute atomic E-state index is 5.41. The molecule has 1 aliphatic rings. The van der Waals surface area contributed by atoms with Gasteiger partial charge in [0.05, 0.1) is 24.6 Å². The zero-order valence-electron chi connectivity index (χ0n) is 12.3. The predicted molar refractivity (Wildman–Crippen MR) is 90.1 cm³/mol. The van der Waals surface area contributed by atoms with E-state index in [1.807, 2.05) is 12.1 Å². The van der Waals surface area contributed by atoms with Gasteiger partial charge in [0.2, 0.25) is 0 Å². The standard InChI is InChI=1S/C15H15N3O2S2/c1-19-8-6-10(20-2)13-12(7-8)22-15(17-13)18-14-16-9-4-3-5-11(9)21-14/h6-7H,3-5H2,1-2H3,(H,16,17,18). The average Bonchev–Trinajstić information content (AvgIpc) is 3.19. The van der Waals surface area contributed by atoms with Crippen LogP contribution in [0.1, 0.15) is 17.0 Å². The Morgan fingerprint density at radius 3 is 2.68 bits per heavy atom. The first kappa shape index (κ1) is 13.8. The van der Waals surface area contributed by atoms with Crippen LogP contribution in [0.5, 0.6) is 11.5 Å². The van der Waals surface area contributed by atoms with Crippen molar-refractivity contribution in [2.24, 2.45) is 0 Å². The van der Waals surface area contributed by atoms with E-state index in [0.717, 1.165) is 44.8 Å². The van der Waals surface area contributed by atoms with Gasteiger partial charge in [-0.15, -0.1) is 11.3 Å². The van der Waals surface area contributed by atoms with E-state index < -0.39 is 0 Å². The highest BCUT2D eigenvalue weighted by Crippen LogP contribution is 2.38. The fourth-order valence-corrected chi connectivity index (χ4v) is 4.66. The second-order valence-electron chi connectivity index (χ2n) is 5.06. The van der Waals surface area contributed by atoms with Crippen LogP contribution in [-0.4, -0.2) is 24.2 Å². The minimum absolute atomic E-state index is 0.722. The number of thiazole rings is 2. The second-order valence-corrected chi connectivity index (χ2v) is 7.18. The Balaban J connectivity index is 1.69. The Hall–Kier alpha value is -1.86. The summed E-state index contributed by atoms with van der Waals surface area (Å²) in [4.78, 5) is 10.7. The first-order valence-corrected chi connectivity index (χ1v) is 8.68. The maximum atomic E-state index is 5.41. The normalized spacial score (nSPS) is 13.4. The van der Waals surface area contributed by atoms with E-state index in [4.69, 9.17) is 9.47 Å². The molecule has 0 atom stereocenters. The van der Waals surface area contributed by atoms with E-state index in [-0.39, 0.29) is 0 Å². The summed E-state index contributed by atoms with van der Waals surface area (Å²) < 4.78 is 11.7. The number of nitrogens with zero attached hydrogens (tertiary/aromatic N) is 2. The number of anilines is 2. The van der Waals surface area contributed by atoms with E-state index >= 15 is 0 Å². The lowest BCUT2D eigenvalue weighted by atomic mass is 10.3. The molecule has 4 rings (SSSR count). The number of nitrogens with one attached hydrogen (secondary N) is 1. The van der Waals surface area contributed by atoms with Crippen molar-refractivity contribution in [3.05, 3.63) is 22.7 Å². The first-order chi connectivity index (χ1) is 10.8. The van der Waals surface area contributed by atoms with Crippen LogP contribution in [-0.2, 0) is 12.8 Å². The molecular weight excluding hydrogens is 318 g/mol. The van der Waals surface area contributed by atoms with Gasteiger partial charge in [0.15, 0.2) is 10.3 Å². The van der Waals surface area contributed by atoms with Crippen molar-refractivity contribution in [1.29, 1.82) is 0 Å². The zero-order valence-corrected chi connectivity index (χ0v) is 13.9. The largest absolute Gasteiger partial charge is 0.497 e. The fourth-order valence-electron chi connectivity index (χ4n) is 2.64. The quantitative estimate of drug-likeness (QED) is 0.782. The molecule has 0 saturated carbocycles. The number of benzene rings is 1. The third kappa shape index (κ3) is 2.30. The number of hydrogen-bond acceptors (Lipinski definition) is 7. The van der Waals surface area contributed by atoms with Crippen LogP contribution in [0, 0.1) is 0 Å². The van der Waals surface area contributed by atoms with Crippen LogP contribution in [0.25, 0.3) is 10.2 Å². The van der Waals surface area contributed by atoms with Gasteiger partial charge in [-0.05, 0) is 25.3 Å². The molecule has 22 heavy (non-hydrogen) atoms. The van der Waals surface area contributed by atoms with Gasteiger partial charge in [-0.3, -0.25) is 0 Å². The molecule has 0 saturated heterocycles. The number of rotatable bonds is 4. The van der Waals surface area contributed by atoms with Gasteiger partial charge in [-0.2, -0.15) is 0 Å². The van der Waals surface area contributed by atoms with Gasteiger partial charge in [0.1, 0.15) is 17.0 Å². The van der Waals surface area contributed by atoms with Gasteiger partial charge in [0.25, 0.3) is 0 Å². The van der Waals surface area contributed by atoms with Crippen molar-refractivity contribution in [2.45, 2.75) is 19.3 Å². The molecule has 0 amide bonds. The highest BCUT2D eigenvalue weighted by molar-refractivity contribution is 7.22. The summed E-state index contributed by atoms with van der Waals surface area (Å²) in [5.74, 6) is 1.49. The molecule has 1 N–H and O–H groups in total. The highest BCUT2D eigenvalue weighted by atomic mass is 32.1. The van der Waals surface area contributed by atoms with Crippen molar-refractivity contribution in [1.82, 2.24) is 9.97 Å². The molecule has 0 bridgehead atoms. The lowest BCUT2D eigenvalue weighted by Crippen LogP contribution is -1.90. The number of fused-ring (bicyclic) bond motifs is 2. The number of ether oxygens (including phenoxy) is 2. The van der Waals surface area contributed by atoms with E-state index in [0.29, 0.717) is 0 Å². The van der Waals surface area contributed by atoms with Crippen molar-refractivity contribution in [3.8, 4) is 11.5 Å². The van der Waals surface area contributed by atoms with Gasteiger partial charge in [-0.1, -0.05) is 11.3 Å². The number of aromatic nitrogens is 2. The monoisotopic (exact) mass is 333 g/mol. The van der Waals surface area contributed by atoms with E-state index in [9.17, 15) is 0 Å². The molecule has 2 heterocycles. The lowest BCUT2D eigenvalue weighted by Gasteiger charge is -2.03. The SMILES string of the molecule is COc1cc(OC)c2nc(Nc3nc4c(s3)CCC4)sc2c1. The number of aryl methyl sites for hydroxylation is 2. The average molecular weight is 333 g/mol. The van der Waals surface area contributed by atoms with Crippen LogP contribution in [0.3, 0.4) is 0 Å². The van der Waals surface area contributed by atoms with Crippen molar-refractivity contribution in [3.63, 3.8) is 0 Å². The predicted octanol–water partition coefficient (Wildman–Crippen LogP) is 4.00. The molecule has 2 aromatic heterocycles. The summed E-state index contributed by atoms with van der Waals surface area (Å²) in [6.45, 7) is 0. The number of methoxy groups -OCH3 is 2. The molecule has 114 valence electrons. The molecule has 0 aliphatic heterocycles. The molecule has 7 heteroatoms. The third-order valence-electron chi connectivity index (χ3n) is 3.70. The van der Waals surface area contributed by atoms with E-state index in [2.05, 4.69) is 15.3 Å². The Morgan fingerprint density at radius 1 is 1.05 bits per heavy atom. The summed E-state index contributed by atoms with van der Waals surface area (Å²) in [7, 11) is 3.30. The van der Waals surface area contributed by atoms with Crippen LogP contribution >= 0.6 is 22.7 Å². The van der Waals surface area contributed by atoms with E-state index in [1.165, 1.54) is 17.0 Å². The van der Waals surface area contributed by atoms with Gasteiger partial charge in [-0.25, -0.2) is 9.97 Å². The summed E-state index contributed by atoms with van der Waals surface area (Å²) in [6.07, 6.45) is 3.48. The molecule has 3 aromatic rings. The molecule has 0 spiro atoms. The molecule has 0 unspecified atom stereocenters. The summed E-state index contributed by atoms with van der Waals surface area (Å²) in [6, 6.07) is 3.83. The Morgan fingerprint density at radius 2 is 1.91 bits per heavy atom. The minimum Gasteiger partial charge on any atom is -0.497 e. The van der Waals surface area contributed by atoms with Gasteiger partial charge < -0.3 is 14.8 Å². The second kappa shape index (κ2) is 5.40. The Bertz CT molecular complexity index is 819. The van der Waals surface area contributed by atoms with Crippen LogP contribution < -0.4 is 14.8 Å². The van der Waals surface area contributed by atoms with Gasteiger partial charge in [0, 0.05) is 10.9 Å². The molecule has 1 aliphatic carbocycles. The van der Waals surface area contributed by atoms with Crippen molar-refractivity contribution >= 4 is 43.2 Å². The molecule has 0 fully saturated rings. The van der Waals surface area contributed by atoms with Crippen molar-refractivity contribution < 1.29 is 9.47 Å². The van der Waals surface area contributed by atoms with Crippen LogP contribution in [0.2, 0.25) is 0 Å². The number of hydrogen-bond donors (Lipinski definition) is 1. The smallest absolute Gasteiger partial charge is 0.190 e. The van der Waals surface area contributed by atoms with E-state index in [1.54, 1.807) is 36.9 Å². The molecular formula is C15H15N3O2S2. The summed E-state index contributed by atoms with van der Waals surface area (Å²) in [5, 5.41) is 5.08. The Kier molecular flexibility index (Phi) is 3.38. The zero-order chi connectivity index (χ0) is 15.1. The highest BCUT2D eigenvalue weighted by Gasteiger charge is 2.18. The minimum atomic E-state index is 0.722. The third-order valence-corrected chi connectivity index (χ3v) is 5.69. The van der Waals surface area contributed by atoms with Gasteiger partial charge >= 0.3 is 0 Å². The first-order valence-electron chi connectivity index (χ1n) is 7.05. The van der Waals surface area contributed by atoms with Crippen molar-refractivity contribution in [2.75, 3.05) is 19.5 Å².